The maximum atomic E-state index is 12.2. The normalized spacial score (nSPS) is 11.9. The molecule has 0 spiro atoms. The number of carbonyl (C=O) groups excluding carboxylic acids is 1. The fourth-order valence-electron chi connectivity index (χ4n) is 2.19. The molecule has 0 bridgehead atoms. The van der Waals surface area contributed by atoms with E-state index in [1.165, 1.54) is 5.56 Å². The van der Waals surface area contributed by atoms with Crippen molar-refractivity contribution in [3.8, 4) is 5.75 Å². The summed E-state index contributed by atoms with van der Waals surface area (Å²) in [6.07, 6.45) is 0.832. The van der Waals surface area contributed by atoms with Crippen molar-refractivity contribution in [2.24, 2.45) is 0 Å². The van der Waals surface area contributed by atoms with E-state index in [0.29, 0.717) is 12.1 Å². The Hall–Kier alpha value is -2.07. The first-order valence-corrected chi connectivity index (χ1v) is 11.7. The Labute approximate surface area is 152 Å². The van der Waals surface area contributed by atoms with Crippen LogP contribution in [-0.4, -0.2) is 20.8 Å². The van der Waals surface area contributed by atoms with Crippen LogP contribution in [0, 0.1) is 0 Å². The van der Waals surface area contributed by atoms with E-state index in [9.17, 15) is 4.79 Å². The van der Waals surface area contributed by atoms with Crippen molar-refractivity contribution in [3.05, 3.63) is 65.7 Å². The van der Waals surface area contributed by atoms with Gasteiger partial charge < -0.3 is 9.74 Å². The molecule has 0 aliphatic carbocycles. The molecule has 0 radical (unpaired) electrons. The van der Waals surface area contributed by atoms with Gasteiger partial charge >= 0.3 is 0 Å². The summed E-state index contributed by atoms with van der Waals surface area (Å²) in [4.78, 5) is 12.2. The Balaban J connectivity index is 1.90. The molecule has 0 unspecified atom stereocenters. The fourth-order valence-corrected chi connectivity index (χ4v) is 3.22. The van der Waals surface area contributed by atoms with Crippen molar-refractivity contribution in [1.29, 1.82) is 0 Å². The maximum absolute atomic E-state index is 12.2. The van der Waals surface area contributed by atoms with Crippen LogP contribution in [0.1, 0.15) is 36.7 Å². The molecule has 0 fully saturated rings. The van der Waals surface area contributed by atoms with Gasteiger partial charge in [-0.25, -0.2) is 0 Å². The summed E-state index contributed by atoms with van der Waals surface area (Å²) >= 11 is 0. The molecule has 25 heavy (non-hydrogen) atoms. The van der Waals surface area contributed by atoms with Gasteiger partial charge in [-0.05, 0) is 54.4 Å². The van der Waals surface area contributed by atoms with Crippen LogP contribution in [-0.2, 0) is 6.42 Å². The van der Waals surface area contributed by atoms with Crippen LogP contribution >= 0.6 is 0 Å². The van der Waals surface area contributed by atoms with E-state index in [0.717, 1.165) is 12.2 Å². The summed E-state index contributed by atoms with van der Waals surface area (Å²) in [6.45, 7) is 11.7. The third-order valence-corrected chi connectivity index (χ3v) is 9.20. The number of rotatable bonds is 6. The summed E-state index contributed by atoms with van der Waals surface area (Å²) in [5.41, 5.74) is 1.89. The Kier molecular flexibility index (Phi) is 6.06. The van der Waals surface area contributed by atoms with Crippen molar-refractivity contribution < 1.29 is 9.22 Å². The molecule has 134 valence electrons. The lowest BCUT2D eigenvalue weighted by molar-refractivity contribution is 0.0954. The summed E-state index contributed by atoms with van der Waals surface area (Å²) in [5.74, 6) is 0.794. The van der Waals surface area contributed by atoms with Gasteiger partial charge in [-0.2, -0.15) is 0 Å². The largest absolute Gasteiger partial charge is 0.544 e. The highest BCUT2D eigenvalue weighted by atomic mass is 28.4. The molecular formula is C21H29NO2Si. The molecule has 3 nitrogen and oxygen atoms in total. The summed E-state index contributed by atoms with van der Waals surface area (Å²) in [5, 5.41) is 3.12. The minimum Gasteiger partial charge on any atom is -0.544 e. The number of hydrogen-bond acceptors (Lipinski definition) is 2. The van der Waals surface area contributed by atoms with Crippen LogP contribution in [0.5, 0.6) is 5.75 Å². The van der Waals surface area contributed by atoms with Crippen molar-refractivity contribution in [2.45, 2.75) is 45.3 Å². The number of amides is 1. The summed E-state index contributed by atoms with van der Waals surface area (Å²) < 4.78 is 6.25. The molecular weight excluding hydrogens is 326 g/mol. The zero-order valence-corrected chi connectivity index (χ0v) is 16.9. The van der Waals surface area contributed by atoms with Gasteiger partial charge in [0, 0.05) is 12.1 Å². The van der Waals surface area contributed by atoms with Gasteiger partial charge in [-0.3, -0.25) is 4.79 Å². The molecule has 0 aliphatic rings. The minimum absolute atomic E-state index is 0.0465. The molecule has 4 heteroatoms. The number of hydrogen-bond donors (Lipinski definition) is 1. The van der Waals surface area contributed by atoms with Gasteiger partial charge in [0.05, 0.1) is 0 Å². The van der Waals surface area contributed by atoms with Gasteiger partial charge in [-0.1, -0.05) is 51.1 Å². The number of benzene rings is 2. The van der Waals surface area contributed by atoms with E-state index in [2.05, 4.69) is 51.3 Å². The van der Waals surface area contributed by atoms with Gasteiger partial charge in [0.1, 0.15) is 5.75 Å². The van der Waals surface area contributed by atoms with Crippen molar-refractivity contribution in [2.75, 3.05) is 6.54 Å². The molecule has 2 aromatic carbocycles. The van der Waals surface area contributed by atoms with Crippen LogP contribution < -0.4 is 9.74 Å². The average molecular weight is 356 g/mol. The predicted molar refractivity (Wildman–Crippen MR) is 107 cm³/mol. The fraction of sp³-hybridized carbons (Fsp3) is 0.381. The Morgan fingerprint density at radius 1 is 1.00 bits per heavy atom. The van der Waals surface area contributed by atoms with E-state index in [4.69, 9.17) is 4.43 Å². The zero-order chi connectivity index (χ0) is 18.5. The molecule has 2 rings (SSSR count). The van der Waals surface area contributed by atoms with E-state index < -0.39 is 8.32 Å². The van der Waals surface area contributed by atoms with Crippen LogP contribution in [0.4, 0.5) is 0 Å². The van der Waals surface area contributed by atoms with E-state index >= 15 is 0 Å². The molecule has 0 saturated carbocycles. The van der Waals surface area contributed by atoms with Crippen molar-refractivity contribution in [1.82, 2.24) is 5.32 Å². The highest BCUT2D eigenvalue weighted by Gasteiger charge is 2.38. The highest BCUT2D eigenvalue weighted by Crippen LogP contribution is 2.37. The first-order chi connectivity index (χ1) is 11.7. The zero-order valence-electron chi connectivity index (χ0n) is 15.9. The van der Waals surface area contributed by atoms with Gasteiger partial charge in [0.25, 0.3) is 5.91 Å². The second-order valence-electron chi connectivity index (χ2n) is 7.88. The quantitative estimate of drug-likeness (QED) is 0.737. The molecule has 0 heterocycles. The average Bonchev–Trinajstić information content (AvgIpc) is 2.55. The van der Waals surface area contributed by atoms with Gasteiger partial charge in [0.2, 0.25) is 8.32 Å². The molecule has 1 amide bonds. The third kappa shape index (κ3) is 5.46. The summed E-state index contributed by atoms with van der Waals surface area (Å²) in [6, 6.07) is 17.6. The van der Waals surface area contributed by atoms with Crippen LogP contribution in [0.15, 0.2) is 54.6 Å². The van der Waals surface area contributed by atoms with E-state index in [1.54, 1.807) is 0 Å². The predicted octanol–water partition coefficient (Wildman–Crippen LogP) is 5.04. The molecule has 0 aromatic heterocycles. The Bertz CT molecular complexity index is 688. The first kappa shape index (κ1) is 19.3. The lowest BCUT2D eigenvalue weighted by atomic mass is 10.1. The molecule has 0 atom stereocenters. The van der Waals surface area contributed by atoms with Crippen molar-refractivity contribution in [3.63, 3.8) is 0 Å². The van der Waals surface area contributed by atoms with Crippen LogP contribution in [0.25, 0.3) is 0 Å². The Morgan fingerprint density at radius 3 is 2.16 bits per heavy atom. The SMILES string of the molecule is CC(C)(C)[Si](C)(C)Oc1ccc(C(=O)NCCc2ccccc2)cc1. The number of carbonyl (C=O) groups is 1. The first-order valence-electron chi connectivity index (χ1n) is 8.80. The molecule has 1 N–H and O–H groups in total. The van der Waals surface area contributed by atoms with E-state index in [1.807, 2.05) is 42.5 Å². The second-order valence-corrected chi connectivity index (χ2v) is 12.6. The molecule has 0 saturated heterocycles. The third-order valence-electron chi connectivity index (χ3n) is 4.84. The number of nitrogens with one attached hydrogen (secondary N) is 1. The van der Waals surface area contributed by atoms with Crippen molar-refractivity contribution >= 4 is 14.2 Å². The minimum atomic E-state index is -1.85. The lowest BCUT2D eigenvalue weighted by Crippen LogP contribution is -2.43. The van der Waals surface area contributed by atoms with Gasteiger partial charge in [-0.15, -0.1) is 0 Å². The Morgan fingerprint density at radius 2 is 1.60 bits per heavy atom. The smallest absolute Gasteiger partial charge is 0.251 e. The topological polar surface area (TPSA) is 38.3 Å². The van der Waals surface area contributed by atoms with Crippen LogP contribution in [0.2, 0.25) is 18.1 Å². The molecule has 0 aliphatic heterocycles. The monoisotopic (exact) mass is 355 g/mol. The van der Waals surface area contributed by atoms with E-state index in [-0.39, 0.29) is 10.9 Å². The summed E-state index contributed by atoms with van der Waals surface area (Å²) in [7, 11) is -1.85. The lowest BCUT2D eigenvalue weighted by Gasteiger charge is -2.36. The highest BCUT2D eigenvalue weighted by molar-refractivity contribution is 6.74. The molecule has 2 aromatic rings. The van der Waals surface area contributed by atoms with Crippen LogP contribution in [0.3, 0.4) is 0 Å². The second kappa shape index (κ2) is 7.87. The standard InChI is InChI=1S/C21H29NO2Si/c1-21(2,3)25(4,5)24-19-13-11-18(12-14-19)20(23)22-16-15-17-9-7-6-8-10-17/h6-14H,15-16H2,1-5H3,(H,22,23). The van der Waals surface area contributed by atoms with Gasteiger partial charge in [0.15, 0.2) is 0 Å². The maximum Gasteiger partial charge on any atom is 0.251 e.